The number of hydrogen-bond acceptors (Lipinski definition) is 4. The number of rotatable bonds is 5. The Hall–Kier alpha value is -2.76. The number of nitrogens with one attached hydrogen (secondary N) is 1. The van der Waals surface area contributed by atoms with Crippen LogP contribution in [0.5, 0.6) is 5.75 Å². The van der Waals surface area contributed by atoms with E-state index in [1.807, 2.05) is 13.0 Å². The van der Waals surface area contributed by atoms with E-state index in [0.29, 0.717) is 38.4 Å². The molecule has 0 radical (unpaired) electrons. The molecule has 1 N–H and O–H groups in total. The number of nitrogens with zero attached hydrogens (tertiary/aromatic N) is 1. The maximum Gasteiger partial charge on any atom is 0.275 e. The Morgan fingerprint density at radius 3 is 2.78 bits per heavy atom. The third kappa shape index (κ3) is 4.32. The second kappa shape index (κ2) is 8.29. The first-order chi connectivity index (χ1) is 13.0. The lowest BCUT2D eigenvalue weighted by atomic mass is 10.1. The van der Waals surface area contributed by atoms with Gasteiger partial charge in [-0.2, -0.15) is 5.10 Å². The Labute approximate surface area is 166 Å². The first-order valence-corrected chi connectivity index (χ1v) is 8.77. The van der Waals surface area contributed by atoms with Crippen LogP contribution in [0.4, 0.5) is 0 Å². The number of aryl methyl sites for hydroxylation is 1. The van der Waals surface area contributed by atoms with Crippen LogP contribution in [-0.4, -0.2) is 19.2 Å². The van der Waals surface area contributed by atoms with Crippen molar-refractivity contribution in [2.75, 3.05) is 7.11 Å². The predicted octanol–water partition coefficient (Wildman–Crippen LogP) is 5.33. The van der Waals surface area contributed by atoms with Crippen LogP contribution in [0.3, 0.4) is 0 Å². The van der Waals surface area contributed by atoms with E-state index in [9.17, 15) is 4.79 Å². The summed E-state index contributed by atoms with van der Waals surface area (Å²) >= 11 is 12.2. The van der Waals surface area contributed by atoms with E-state index >= 15 is 0 Å². The molecule has 0 saturated heterocycles. The van der Waals surface area contributed by atoms with Crippen molar-refractivity contribution >= 4 is 35.3 Å². The minimum absolute atomic E-state index is 0.382. The van der Waals surface area contributed by atoms with Gasteiger partial charge in [0.15, 0.2) is 0 Å². The topological polar surface area (TPSA) is 63.8 Å². The summed E-state index contributed by atoms with van der Waals surface area (Å²) in [6.45, 7) is 1.92. The summed E-state index contributed by atoms with van der Waals surface area (Å²) in [5.74, 6) is 1.11. The molecule has 1 aromatic heterocycles. The van der Waals surface area contributed by atoms with Crippen LogP contribution < -0.4 is 10.2 Å². The van der Waals surface area contributed by atoms with Gasteiger partial charge in [0, 0.05) is 5.56 Å². The van der Waals surface area contributed by atoms with Crippen molar-refractivity contribution in [1.82, 2.24) is 5.43 Å². The summed E-state index contributed by atoms with van der Waals surface area (Å²) in [7, 11) is 1.51. The number of carbonyl (C=O) groups is 1. The highest BCUT2D eigenvalue weighted by Crippen LogP contribution is 2.34. The predicted molar refractivity (Wildman–Crippen MR) is 107 cm³/mol. The molecule has 2 aromatic carbocycles. The number of ether oxygens (including phenoxy) is 1. The lowest BCUT2D eigenvalue weighted by molar-refractivity contribution is 0.0952. The minimum Gasteiger partial charge on any atom is -0.496 e. The largest absolute Gasteiger partial charge is 0.496 e. The Morgan fingerprint density at radius 2 is 2.00 bits per heavy atom. The Bertz CT molecular complexity index is 1010. The number of methoxy groups -OCH3 is 1. The van der Waals surface area contributed by atoms with Gasteiger partial charge in [-0.25, -0.2) is 5.43 Å². The molecule has 1 amide bonds. The summed E-state index contributed by atoms with van der Waals surface area (Å²) < 4.78 is 10.9. The van der Waals surface area contributed by atoms with Crippen LogP contribution >= 0.6 is 23.2 Å². The first-order valence-electron chi connectivity index (χ1n) is 8.02. The number of hydrogen-bond donors (Lipinski definition) is 1. The molecule has 0 unspecified atom stereocenters. The molecular formula is C20H16Cl2N2O3. The molecule has 0 atom stereocenters. The van der Waals surface area contributed by atoms with E-state index in [-0.39, 0.29) is 5.91 Å². The molecule has 138 valence electrons. The molecular weight excluding hydrogens is 387 g/mol. The zero-order valence-electron chi connectivity index (χ0n) is 14.6. The van der Waals surface area contributed by atoms with E-state index in [0.717, 1.165) is 5.56 Å². The Morgan fingerprint density at radius 1 is 1.19 bits per heavy atom. The fourth-order valence-electron chi connectivity index (χ4n) is 2.46. The zero-order chi connectivity index (χ0) is 19.4. The Kier molecular flexibility index (Phi) is 5.84. The fourth-order valence-corrected chi connectivity index (χ4v) is 2.86. The molecule has 0 fully saturated rings. The quantitative estimate of drug-likeness (QED) is 0.462. The van der Waals surface area contributed by atoms with Gasteiger partial charge in [-0.15, -0.1) is 0 Å². The van der Waals surface area contributed by atoms with Crippen molar-refractivity contribution in [2.45, 2.75) is 6.92 Å². The average molecular weight is 403 g/mol. The number of amides is 1. The number of furan rings is 1. The van der Waals surface area contributed by atoms with E-state index in [4.69, 9.17) is 32.4 Å². The number of carbonyl (C=O) groups excluding carboxylic acids is 1. The molecule has 0 aliphatic heterocycles. The van der Waals surface area contributed by atoms with Gasteiger partial charge in [-0.1, -0.05) is 35.3 Å². The maximum atomic E-state index is 12.3. The smallest absolute Gasteiger partial charge is 0.275 e. The van der Waals surface area contributed by atoms with Crippen molar-refractivity contribution in [2.24, 2.45) is 5.10 Å². The highest BCUT2D eigenvalue weighted by molar-refractivity contribution is 6.43. The van der Waals surface area contributed by atoms with Crippen molar-refractivity contribution in [3.63, 3.8) is 0 Å². The average Bonchev–Trinajstić information content (AvgIpc) is 3.12. The van der Waals surface area contributed by atoms with Gasteiger partial charge >= 0.3 is 0 Å². The van der Waals surface area contributed by atoms with Gasteiger partial charge in [0.05, 0.1) is 28.9 Å². The monoisotopic (exact) mass is 402 g/mol. The molecule has 3 aromatic rings. The van der Waals surface area contributed by atoms with E-state index in [1.54, 1.807) is 42.5 Å². The van der Waals surface area contributed by atoms with Crippen molar-refractivity contribution in [1.29, 1.82) is 0 Å². The van der Waals surface area contributed by atoms with Gasteiger partial charge in [-0.05, 0) is 48.9 Å². The standard InChI is InChI=1S/C20H16Cl2N2O3/c1-12-6-8-15(18(10-12)26-2)20(25)24-23-11-13-7-9-17(27-13)14-4-3-5-16(21)19(14)22/h3-11H,1-2H3,(H,24,25)/b23-11-. The molecule has 27 heavy (non-hydrogen) atoms. The molecule has 0 saturated carbocycles. The Balaban J connectivity index is 1.72. The fraction of sp³-hybridized carbons (Fsp3) is 0.100. The molecule has 1 heterocycles. The van der Waals surface area contributed by atoms with E-state index < -0.39 is 0 Å². The van der Waals surface area contributed by atoms with Gasteiger partial charge in [-0.3, -0.25) is 4.79 Å². The maximum absolute atomic E-state index is 12.3. The van der Waals surface area contributed by atoms with Gasteiger partial charge in [0.25, 0.3) is 5.91 Å². The van der Waals surface area contributed by atoms with E-state index in [2.05, 4.69) is 10.5 Å². The van der Waals surface area contributed by atoms with Crippen LogP contribution in [0.1, 0.15) is 21.7 Å². The van der Waals surface area contributed by atoms with Crippen molar-refractivity contribution < 1.29 is 13.9 Å². The SMILES string of the molecule is COc1cc(C)ccc1C(=O)N/N=C\c1ccc(-c2cccc(Cl)c2Cl)o1. The number of benzene rings is 2. The summed E-state index contributed by atoms with van der Waals surface area (Å²) in [6, 6.07) is 14.1. The number of halogens is 2. The van der Waals surface area contributed by atoms with Crippen LogP contribution in [0.25, 0.3) is 11.3 Å². The van der Waals surface area contributed by atoms with Crippen LogP contribution in [0.2, 0.25) is 10.0 Å². The highest BCUT2D eigenvalue weighted by atomic mass is 35.5. The van der Waals surface area contributed by atoms with Gasteiger partial charge < -0.3 is 9.15 Å². The summed E-state index contributed by atoms with van der Waals surface area (Å²) in [6.07, 6.45) is 1.40. The second-order valence-corrected chi connectivity index (χ2v) is 6.49. The summed E-state index contributed by atoms with van der Waals surface area (Å²) in [5.41, 5.74) is 4.52. The summed E-state index contributed by atoms with van der Waals surface area (Å²) in [4.78, 5) is 12.3. The molecule has 0 aliphatic carbocycles. The molecule has 0 spiro atoms. The zero-order valence-corrected chi connectivity index (χ0v) is 16.1. The molecule has 3 rings (SSSR count). The van der Waals surface area contributed by atoms with Gasteiger partial charge in [0.1, 0.15) is 17.3 Å². The summed E-state index contributed by atoms with van der Waals surface area (Å²) in [5, 5.41) is 4.79. The third-order valence-corrected chi connectivity index (χ3v) is 4.62. The molecule has 0 bridgehead atoms. The van der Waals surface area contributed by atoms with Crippen LogP contribution in [0.15, 0.2) is 58.0 Å². The minimum atomic E-state index is -0.382. The lowest BCUT2D eigenvalue weighted by Gasteiger charge is -2.07. The third-order valence-electron chi connectivity index (χ3n) is 3.80. The van der Waals surface area contributed by atoms with Crippen LogP contribution in [-0.2, 0) is 0 Å². The normalized spacial score (nSPS) is 11.0. The molecule has 7 heteroatoms. The second-order valence-electron chi connectivity index (χ2n) is 5.71. The van der Waals surface area contributed by atoms with Crippen molar-refractivity contribution in [3.05, 3.63) is 75.5 Å². The highest BCUT2D eigenvalue weighted by Gasteiger charge is 2.12. The first kappa shape index (κ1) is 19.0. The molecule has 5 nitrogen and oxygen atoms in total. The van der Waals surface area contributed by atoms with E-state index in [1.165, 1.54) is 13.3 Å². The van der Waals surface area contributed by atoms with Crippen LogP contribution in [0, 0.1) is 6.92 Å². The van der Waals surface area contributed by atoms with Gasteiger partial charge in [0.2, 0.25) is 0 Å². The van der Waals surface area contributed by atoms with Crippen molar-refractivity contribution in [3.8, 4) is 17.1 Å². The molecule has 0 aliphatic rings. The number of hydrazone groups is 1. The lowest BCUT2D eigenvalue weighted by Crippen LogP contribution is -2.18.